The minimum atomic E-state index is -0.457. The normalized spacial score (nSPS) is 12.0. The fraction of sp³-hybridized carbons (Fsp3) is 0.375. The van der Waals surface area contributed by atoms with Gasteiger partial charge in [-0.1, -0.05) is 23.7 Å². The van der Waals surface area contributed by atoms with Gasteiger partial charge in [-0.25, -0.2) is 4.39 Å². The van der Waals surface area contributed by atoms with Crippen LogP contribution in [0.5, 0.6) is 5.75 Å². The van der Waals surface area contributed by atoms with Crippen molar-refractivity contribution in [2.75, 3.05) is 13.2 Å². The van der Waals surface area contributed by atoms with Gasteiger partial charge in [-0.15, -0.1) is 0 Å². The van der Waals surface area contributed by atoms with Crippen molar-refractivity contribution in [3.63, 3.8) is 0 Å². The third-order valence-corrected chi connectivity index (χ3v) is 3.59. The van der Waals surface area contributed by atoms with Crippen LogP contribution in [0, 0.1) is 11.7 Å². The first-order valence-corrected chi connectivity index (χ1v) is 7.80. The molecule has 2 rings (SSSR count). The third-order valence-electron chi connectivity index (χ3n) is 3.29. The Morgan fingerprint density at radius 2 is 2.29 bits per heavy atom. The molecular weight excluding hydrogens is 339 g/mol. The molecule has 0 radical (unpaired) electrons. The van der Waals surface area contributed by atoms with Gasteiger partial charge in [0.1, 0.15) is 18.2 Å². The topological polar surface area (TPSA) is 84.6 Å². The highest BCUT2D eigenvalue weighted by molar-refractivity contribution is 6.32. The number of carbonyl (C=O) groups is 1. The van der Waals surface area contributed by atoms with Crippen LogP contribution in [0.3, 0.4) is 0 Å². The number of nitrogens with zero attached hydrogens (tertiary/aromatic N) is 1. The van der Waals surface area contributed by atoms with Crippen molar-refractivity contribution in [2.24, 2.45) is 5.92 Å². The first kappa shape index (κ1) is 18.2. The zero-order valence-electron chi connectivity index (χ0n) is 13.1. The van der Waals surface area contributed by atoms with Crippen molar-refractivity contribution in [1.82, 2.24) is 10.5 Å². The highest BCUT2D eigenvalue weighted by Gasteiger charge is 2.13. The maximum atomic E-state index is 13.0. The number of carbonyl (C=O) groups excluding carboxylic acids is 1. The van der Waals surface area contributed by atoms with Crippen LogP contribution in [0.25, 0.3) is 0 Å². The summed E-state index contributed by atoms with van der Waals surface area (Å²) >= 11 is 5.85. The summed E-state index contributed by atoms with van der Waals surface area (Å²) in [4.78, 5) is 11.9. The summed E-state index contributed by atoms with van der Waals surface area (Å²) in [7, 11) is 0. The molecule has 0 fully saturated rings. The molecule has 1 atom stereocenters. The van der Waals surface area contributed by atoms with E-state index in [1.54, 1.807) is 0 Å². The van der Waals surface area contributed by atoms with Gasteiger partial charge < -0.3 is 19.7 Å². The summed E-state index contributed by atoms with van der Waals surface area (Å²) in [5.74, 6) is -0.0637. The van der Waals surface area contributed by atoms with Gasteiger partial charge >= 0.3 is 0 Å². The van der Waals surface area contributed by atoms with E-state index in [2.05, 4.69) is 10.5 Å². The van der Waals surface area contributed by atoms with E-state index in [1.807, 2.05) is 6.92 Å². The van der Waals surface area contributed by atoms with E-state index in [-0.39, 0.29) is 35.8 Å². The molecule has 8 heteroatoms. The number of rotatable bonds is 8. The van der Waals surface area contributed by atoms with Gasteiger partial charge in [-0.2, -0.15) is 0 Å². The molecule has 0 unspecified atom stereocenters. The number of aliphatic hydroxyl groups excluding tert-OH is 1. The molecular formula is C16H18ClFN2O4. The number of amides is 1. The summed E-state index contributed by atoms with van der Waals surface area (Å²) in [6, 6.07) is 5.24. The lowest BCUT2D eigenvalue weighted by molar-refractivity contribution is 0.0940. The Balaban J connectivity index is 1.85. The monoisotopic (exact) mass is 356 g/mol. The van der Waals surface area contributed by atoms with E-state index < -0.39 is 5.82 Å². The van der Waals surface area contributed by atoms with Crippen LogP contribution in [0.2, 0.25) is 5.02 Å². The zero-order valence-corrected chi connectivity index (χ0v) is 13.8. The number of hydrogen-bond acceptors (Lipinski definition) is 5. The van der Waals surface area contributed by atoms with Gasteiger partial charge in [0.25, 0.3) is 5.91 Å². The van der Waals surface area contributed by atoms with Crippen molar-refractivity contribution in [3.8, 4) is 5.75 Å². The molecule has 1 aromatic heterocycles. The molecule has 1 amide bonds. The van der Waals surface area contributed by atoms with Crippen LogP contribution in [-0.4, -0.2) is 29.3 Å². The molecule has 0 aliphatic heterocycles. The fourth-order valence-corrected chi connectivity index (χ4v) is 2.06. The Labute approximate surface area is 143 Å². The maximum Gasteiger partial charge on any atom is 0.273 e. The lowest BCUT2D eigenvalue weighted by Crippen LogP contribution is -2.26. The second kappa shape index (κ2) is 8.65. The fourth-order valence-electron chi connectivity index (χ4n) is 1.84. The predicted octanol–water partition coefficient (Wildman–Crippen LogP) is 2.79. The molecule has 0 saturated carbocycles. The van der Waals surface area contributed by atoms with Crippen LogP contribution >= 0.6 is 11.6 Å². The van der Waals surface area contributed by atoms with Crippen LogP contribution < -0.4 is 10.1 Å². The quantitative estimate of drug-likeness (QED) is 0.759. The Bertz CT molecular complexity index is 692. The molecule has 0 bridgehead atoms. The van der Waals surface area contributed by atoms with E-state index in [0.717, 1.165) is 6.07 Å². The average molecular weight is 357 g/mol. The largest absolute Gasteiger partial charge is 0.484 e. The molecule has 130 valence electrons. The van der Waals surface area contributed by atoms with Crippen molar-refractivity contribution in [1.29, 1.82) is 0 Å². The van der Waals surface area contributed by atoms with E-state index in [1.165, 1.54) is 18.2 Å². The number of ether oxygens (including phenoxy) is 1. The van der Waals surface area contributed by atoms with Gasteiger partial charge in [-0.3, -0.25) is 4.79 Å². The Morgan fingerprint density at radius 3 is 3.00 bits per heavy atom. The summed E-state index contributed by atoms with van der Waals surface area (Å²) in [5.41, 5.74) is 0.135. The van der Waals surface area contributed by atoms with Gasteiger partial charge in [0.05, 0.1) is 5.02 Å². The molecule has 1 heterocycles. The SMILES string of the molecule is C[C@@H](CO)CCNC(=O)c1cc(COc2ccc(F)cc2Cl)on1. The van der Waals surface area contributed by atoms with Crippen molar-refractivity contribution in [3.05, 3.63) is 46.6 Å². The first-order chi connectivity index (χ1) is 11.5. The smallest absolute Gasteiger partial charge is 0.273 e. The van der Waals surface area contributed by atoms with Gasteiger partial charge in [0.2, 0.25) is 0 Å². The summed E-state index contributed by atoms with van der Waals surface area (Å²) in [6.45, 7) is 2.41. The number of aromatic nitrogens is 1. The Hall–Kier alpha value is -2.12. The zero-order chi connectivity index (χ0) is 17.5. The second-order valence-electron chi connectivity index (χ2n) is 5.37. The lowest BCUT2D eigenvalue weighted by Gasteiger charge is -2.07. The highest BCUT2D eigenvalue weighted by atomic mass is 35.5. The number of benzene rings is 1. The van der Waals surface area contributed by atoms with E-state index in [9.17, 15) is 9.18 Å². The minimum Gasteiger partial charge on any atom is -0.484 e. The molecule has 2 aromatic rings. The number of nitrogens with one attached hydrogen (secondary N) is 1. The molecule has 1 aromatic carbocycles. The van der Waals surface area contributed by atoms with Crippen molar-refractivity contribution >= 4 is 17.5 Å². The van der Waals surface area contributed by atoms with Gasteiger partial charge in [-0.05, 0) is 30.5 Å². The standard InChI is InChI=1S/C16H18ClFN2O4/c1-10(8-21)4-5-19-16(22)14-7-12(24-20-14)9-23-15-3-2-11(18)6-13(15)17/h2-3,6-7,10,21H,4-5,8-9H2,1H3,(H,19,22)/t10-/m1/s1. The van der Waals surface area contributed by atoms with Crippen LogP contribution in [0.15, 0.2) is 28.8 Å². The summed E-state index contributed by atoms with van der Waals surface area (Å²) in [5, 5.41) is 15.4. The number of hydrogen-bond donors (Lipinski definition) is 2. The van der Waals surface area contributed by atoms with E-state index in [4.69, 9.17) is 26.0 Å². The highest BCUT2D eigenvalue weighted by Crippen LogP contribution is 2.25. The van der Waals surface area contributed by atoms with Crippen LogP contribution in [-0.2, 0) is 6.61 Å². The number of aliphatic hydroxyl groups is 1. The minimum absolute atomic E-state index is 0.00712. The molecule has 0 aliphatic carbocycles. The van der Waals surface area contributed by atoms with E-state index >= 15 is 0 Å². The van der Waals surface area contributed by atoms with Crippen molar-refractivity contribution in [2.45, 2.75) is 20.0 Å². The Kier molecular flexibility index (Phi) is 6.57. The molecule has 0 spiro atoms. The summed E-state index contributed by atoms with van der Waals surface area (Å²) < 4.78 is 23.4. The second-order valence-corrected chi connectivity index (χ2v) is 5.78. The third kappa shape index (κ3) is 5.21. The van der Waals surface area contributed by atoms with Crippen LogP contribution in [0.4, 0.5) is 4.39 Å². The molecule has 0 saturated heterocycles. The van der Waals surface area contributed by atoms with Gasteiger partial charge in [0.15, 0.2) is 11.5 Å². The molecule has 24 heavy (non-hydrogen) atoms. The maximum absolute atomic E-state index is 13.0. The first-order valence-electron chi connectivity index (χ1n) is 7.42. The predicted molar refractivity (Wildman–Crippen MR) is 85.4 cm³/mol. The summed E-state index contributed by atoms with van der Waals surface area (Å²) in [6.07, 6.45) is 0.666. The lowest BCUT2D eigenvalue weighted by atomic mass is 10.1. The Morgan fingerprint density at radius 1 is 1.50 bits per heavy atom. The van der Waals surface area contributed by atoms with E-state index in [0.29, 0.717) is 24.5 Å². The van der Waals surface area contributed by atoms with Crippen molar-refractivity contribution < 1.29 is 23.6 Å². The van der Waals surface area contributed by atoms with Gasteiger partial charge in [0, 0.05) is 19.2 Å². The number of halogens is 2. The molecule has 0 aliphatic rings. The molecule has 6 nitrogen and oxygen atoms in total. The molecule has 2 N–H and O–H groups in total. The average Bonchev–Trinajstić information content (AvgIpc) is 3.02. The van der Waals surface area contributed by atoms with Crippen LogP contribution in [0.1, 0.15) is 29.6 Å².